The molecule has 0 atom stereocenters. The maximum absolute atomic E-state index is 13.6. The number of amides is 1. The summed E-state index contributed by atoms with van der Waals surface area (Å²) < 4.78 is 29.1. The number of anilines is 2. The summed E-state index contributed by atoms with van der Waals surface area (Å²) in [6.07, 6.45) is 0. The van der Waals surface area contributed by atoms with Crippen LogP contribution < -0.4 is 9.62 Å². The van der Waals surface area contributed by atoms with Gasteiger partial charge in [0.05, 0.1) is 10.6 Å². The maximum atomic E-state index is 13.6. The van der Waals surface area contributed by atoms with E-state index < -0.39 is 22.5 Å². The van der Waals surface area contributed by atoms with Crippen molar-refractivity contribution < 1.29 is 13.2 Å². The molecule has 36 heavy (non-hydrogen) atoms. The standard InChI is InChI=1S/C26H26N4O3S3/c1-18-10-13-22(14-11-18)36(32,33)30(23-15-19(2)9-12-20(23)3)16-24(31)27-25-28-29-26(35-25)34-17-21-7-5-4-6-8-21/h4-15H,16-17H2,1-3H3,(H,27,28,31). The van der Waals surface area contributed by atoms with Crippen LogP contribution in [0.1, 0.15) is 22.3 Å². The van der Waals surface area contributed by atoms with Gasteiger partial charge in [-0.25, -0.2) is 8.42 Å². The van der Waals surface area contributed by atoms with Crippen molar-refractivity contribution in [1.29, 1.82) is 0 Å². The molecular weight excluding hydrogens is 513 g/mol. The van der Waals surface area contributed by atoms with Gasteiger partial charge in [-0.3, -0.25) is 14.4 Å². The van der Waals surface area contributed by atoms with Gasteiger partial charge in [0.1, 0.15) is 6.54 Å². The molecule has 10 heteroatoms. The minimum absolute atomic E-state index is 0.123. The van der Waals surface area contributed by atoms with Gasteiger partial charge in [-0.1, -0.05) is 83.3 Å². The first-order chi connectivity index (χ1) is 17.2. The Kier molecular flexibility index (Phi) is 8.07. The summed E-state index contributed by atoms with van der Waals surface area (Å²) in [7, 11) is -4.00. The summed E-state index contributed by atoms with van der Waals surface area (Å²) in [4.78, 5) is 13.2. The average molecular weight is 539 g/mol. The van der Waals surface area contributed by atoms with Crippen LogP contribution >= 0.6 is 23.1 Å². The van der Waals surface area contributed by atoms with Crippen molar-refractivity contribution in [3.63, 3.8) is 0 Å². The molecule has 4 aromatic rings. The van der Waals surface area contributed by atoms with Crippen LogP contribution in [-0.4, -0.2) is 31.1 Å². The Labute approximate surface area is 219 Å². The number of nitrogens with zero attached hydrogens (tertiary/aromatic N) is 3. The monoisotopic (exact) mass is 538 g/mol. The Balaban J connectivity index is 1.53. The third-order valence-corrected chi connectivity index (χ3v) is 9.20. The summed E-state index contributed by atoms with van der Waals surface area (Å²) in [5, 5.41) is 11.2. The number of hydrogen-bond donors (Lipinski definition) is 1. The normalized spacial score (nSPS) is 11.3. The van der Waals surface area contributed by atoms with E-state index in [-0.39, 0.29) is 4.90 Å². The Hall–Kier alpha value is -3.21. The van der Waals surface area contributed by atoms with Crippen LogP contribution in [0.3, 0.4) is 0 Å². The van der Waals surface area contributed by atoms with Crippen molar-refractivity contribution in [2.45, 2.75) is 35.8 Å². The molecule has 0 bridgehead atoms. The van der Waals surface area contributed by atoms with Crippen LogP contribution in [0.2, 0.25) is 0 Å². The number of carbonyl (C=O) groups is 1. The number of hydrogen-bond acceptors (Lipinski definition) is 7. The molecule has 0 saturated heterocycles. The topological polar surface area (TPSA) is 92.3 Å². The van der Waals surface area contributed by atoms with Crippen LogP contribution in [0.5, 0.6) is 0 Å². The smallest absolute Gasteiger partial charge is 0.264 e. The van der Waals surface area contributed by atoms with Gasteiger partial charge in [0.15, 0.2) is 4.34 Å². The number of rotatable bonds is 9. The fraction of sp³-hybridized carbons (Fsp3) is 0.192. The molecule has 1 heterocycles. The summed E-state index contributed by atoms with van der Waals surface area (Å²) >= 11 is 2.78. The van der Waals surface area contributed by atoms with Crippen molar-refractivity contribution in [3.05, 3.63) is 95.1 Å². The van der Waals surface area contributed by atoms with Gasteiger partial charge in [0.25, 0.3) is 10.0 Å². The zero-order chi connectivity index (χ0) is 25.7. The first-order valence-electron chi connectivity index (χ1n) is 11.2. The summed E-state index contributed by atoms with van der Waals surface area (Å²) in [5.74, 6) is 0.237. The lowest BCUT2D eigenvalue weighted by atomic mass is 10.1. The van der Waals surface area contributed by atoms with Gasteiger partial charge in [-0.2, -0.15) is 0 Å². The van der Waals surface area contributed by atoms with E-state index in [1.165, 1.54) is 23.1 Å². The average Bonchev–Trinajstić information content (AvgIpc) is 3.31. The summed E-state index contributed by atoms with van der Waals surface area (Å²) in [6, 6.07) is 22.1. The number of benzene rings is 3. The van der Waals surface area contributed by atoms with E-state index in [9.17, 15) is 13.2 Å². The van der Waals surface area contributed by atoms with E-state index in [1.807, 2.05) is 63.2 Å². The van der Waals surface area contributed by atoms with Gasteiger partial charge in [0, 0.05) is 5.75 Å². The van der Waals surface area contributed by atoms with Gasteiger partial charge < -0.3 is 0 Å². The number of carbonyl (C=O) groups excluding carboxylic acids is 1. The fourth-order valence-corrected chi connectivity index (χ4v) is 6.65. The lowest BCUT2D eigenvalue weighted by Gasteiger charge is -2.26. The van der Waals surface area contributed by atoms with E-state index in [0.29, 0.717) is 15.2 Å². The minimum Gasteiger partial charge on any atom is -0.299 e. The van der Waals surface area contributed by atoms with Gasteiger partial charge in [0.2, 0.25) is 11.0 Å². The highest BCUT2D eigenvalue weighted by Crippen LogP contribution is 2.30. The summed E-state index contributed by atoms with van der Waals surface area (Å²) in [6.45, 7) is 5.20. The van der Waals surface area contributed by atoms with Crippen molar-refractivity contribution in [2.75, 3.05) is 16.2 Å². The Morgan fingerprint density at radius 3 is 2.36 bits per heavy atom. The molecule has 1 amide bonds. The molecule has 186 valence electrons. The van der Waals surface area contributed by atoms with Crippen LogP contribution in [0.4, 0.5) is 10.8 Å². The number of aryl methyl sites for hydroxylation is 3. The number of thioether (sulfide) groups is 1. The molecular formula is C26H26N4O3S3. The predicted octanol–water partition coefficient (Wildman–Crippen LogP) is 5.59. The molecule has 0 fully saturated rings. The van der Waals surface area contributed by atoms with Crippen molar-refractivity contribution in [1.82, 2.24) is 10.2 Å². The van der Waals surface area contributed by atoms with Crippen molar-refractivity contribution in [2.24, 2.45) is 0 Å². The third kappa shape index (κ3) is 6.31. The van der Waals surface area contributed by atoms with Crippen molar-refractivity contribution >= 4 is 49.8 Å². The van der Waals surface area contributed by atoms with Crippen LogP contribution in [-0.2, 0) is 20.6 Å². The second kappa shape index (κ2) is 11.2. The van der Waals surface area contributed by atoms with Gasteiger partial charge in [-0.15, -0.1) is 10.2 Å². The minimum atomic E-state index is -4.00. The summed E-state index contributed by atoms with van der Waals surface area (Å²) in [5.41, 5.74) is 4.21. The first-order valence-corrected chi connectivity index (χ1v) is 14.4. The zero-order valence-corrected chi connectivity index (χ0v) is 22.6. The fourth-order valence-electron chi connectivity index (χ4n) is 3.45. The molecule has 7 nitrogen and oxygen atoms in total. The molecule has 0 radical (unpaired) electrons. The Morgan fingerprint density at radius 1 is 0.944 bits per heavy atom. The Morgan fingerprint density at radius 2 is 1.64 bits per heavy atom. The van der Waals surface area contributed by atoms with E-state index in [1.54, 1.807) is 30.3 Å². The molecule has 1 aromatic heterocycles. The highest BCUT2D eigenvalue weighted by molar-refractivity contribution is 8.00. The number of aromatic nitrogens is 2. The SMILES string of the molecule is Cc1ccc(S(=O)(=O)N(CC(=O)Nc2nnc(SCc3ccccc3)s2)c2cc(C)ccc2C)cc1. The molecule has 0 spiro atoms. The second-order valence-electron chi connectivity index (χ2n) is 8.31. The van der Waals surface area contributed by atoms with E-state index in [0.717, 1.165) is 32.3 Å². The van der Waals surface area contributed by atoms with Crippen LogP contribution in [0, 0.1) is 20.8 Å². The maximum Gasteiger partial charge on any atom is 0.264 e. The van der Waals surface area contributed by atoms with Crippen LogP contribution in [0.15, 0.2) is 82.0 Å². The molecule has 0 saturated carbocycles. The third-order valence-electron chi connectivity index (χ3n) is 5.39. The quantitative estimate of drug-likeness (QED) is 0.221. The molecule has 0 aliphatic carbocycles. The van der Waals surface area contributed by atoms with Crippen LogP contribution in [0.25, 0.3) is 0 Å². The lowest BCUT2D eigenvalue weighted by Crippen LogP contribution is -2.38. The number of nitrogens with one attached hydrogen (secondary N) is 1. The lowest BCUT2D eigenvalue weighted by molar-refractivity contribution is -0.114. The molecule has 0 unspecified atom stereocenters. The second-order valence-corrected chi connectivity index (χ2v) is 12.4. The highest BCUT2D eigenvalue weighted by atomic mass is 32.2. The molecule has 4 rings (SSSR count). The largest absolute Gasteiger partial charge is 0.299 e. The molecule has 0 aliphatic rings. The van der Waals surface area contributed by atoms with E-state index >= 15 is 0 Å². The molecule has 0 aliphatic heterocycles. The van der Waals surface area contributed by atoms with Gasteiger partial charge >= 0.3 is 0 Å². The predicted molar refractivity (Wildman–Crippen MR) is 146 cm³/mol. The molecule has 3 aromatic carbocycles. The highest BCUT2D eigenvalue weighted by Gasteiger charge is 2.28. The van der Waals surface area contributed by atoms with Gasteiger partial charge in [-0.05, 0) is 55.7 Å². The Bertz CT molecular complexity index is 1450. The van der Waals surface area contributed by atoms with E-state index in [2.05, 4.69) is 15.5 Å². The first kappa shape index (κ1) is 25.9. The zero-order valence-electron chi connectivity index (χ0n) is 20.1. The van der Waals surface area contributed by atoms with Crippen molar-refractivity contribution in [3.8, 4) is 0 Å². The number of sulfonamides is 1. The van der Waals surface area contributed by atoms with E-state index in [4.69, 9.17) is 0 Å². The molecule has 1 N–H and O–H groups in total.